The summed E-state index contributed by atoms with van der Waals surface area (Å²) in [6.45, 7) is 0.617. The minimum Gasteiger partial charge on any atom is -0.461 e. The maximum Gasteiger partial charge on any atom is 0.230 e. The number of carbonyl (C=O) groups is 1. The quantitative estimate of drug-likeness (QED) is 0.0704. The minimum absolute atomic E-state index is 0.135. The molecule has 0 bridgehead atoms. The van der Waals surface area contributed by atoms with Gasteiger partial charge in [0.25, 0.3) is 0 Å². The molecule has 2 saturated heterocycles. The number of carbonyl (C=O) groups excluding carboxylic acids is 1. The average Bonchev–Trinajstić information content (AvgIpc) is 3.13. The summed E-state index contributed by atoms with van der Waals surface area (Å²) in [5, 5.41) is 76.2. The number of nitrogens with one attached hydrogen (secondary N) is 1. The number of nitrogens with zero attached hydrogens (tertiary/aromatic N) is 2. The highest BCUT2D eigenvalue weighted by atomic mass is 16.8. The number of aldehydes is 1. The van der Waals surface area contributed by atoms with E-state index in [1.54, 1.807) is 0 Å². The first kappa shape index (κ1) is 31.0. The van der Waals surface area contributed by atoms with E-state index in [1.807, 2.05) is 0 Å². The van der Waals surface area contributed by atoms with Crippen LogP contribution in [0.1, 0.15) is 6.92 Å². The van der Waals surface area contributed by atoms with Crippen molar-refractivity contribution >= 4 is 18.6 Å². The molecule has 0 saturated carbocycles. The van der Waals surface area contributed by atoms with E-state index in [1.165, 1.54) is 14.0 Å². The molecule has 2 aliphatic heterocycles. The molecule has 2 fully saturated rings. The molecule has 0 radical (unpaired) electrons. The molecule has 13 atom stereocenters. The van der Waals surface area contributed by atoms with Crippen LogP contribution in [0, 0.1) is 0 Å². The highest BCUT2D eigenvalue weighted by Crippen LogP contribution is 2.39. The van der Waals surface area contributed by atoms with Gasteiger partial charge in [-0.2, -0.15) is 0 Å². The Labute approximate surface area is 222 Å². The maximum atomic E-state index is 12.0. The van der Waals surface area contributed by atoms with E-state index in [-0.39, 0.29) is 6.29 Å². The van der Waals surface area contributed by atoms with Crippen molar-refractivity contribution in [2.45, 2.75) is 86.0 Å². The van der Waals surface area contributed by atoms with E-state index in [4.69, 9.17) is 36.1 Å². The standard InChI is InChI=1S/C21H36N6O12/c1-6-21(35,4-29)17(39-18-10(25-2)14(33)11(30)7(3-28)37-18)19(36-6)38-16-9(27-20(23)24)12(31)8(26-5-22)13(32)15(16)34/h4-8,10-15,17-19,25,28,30-35H,3H2,1-2H3,(H2,22,26)(H4,23,24,27)/t6-,7-,8+,10?,11?,12+,13-,14?,15+,17?,18?,19?,21+/m0/s1. The molecule has 0 aromatic heterocycles. The largest absolute Gasteiger partial charge is 0.461 e. The van der Waals surface area contributed by atoms with Crippen LogP contribution < -0.4 is 22.5 Å². The third-order valence-corrected chi connectivity index (χ3v) is 6.93. The van der Waals surface area contributed by atoms with E-state index in [0.29, 0.717) is 0 Å². The molecule has 0 spiro atoms. The summed E-state index contributed by atoms with van der Waals surface area (Å²) < 4.78 is 22.8. The van der Waals surface area contributed by atoms with Crippen LogP contribution in [0.3, 0.4) is 0 Å². The predicted octanol–water partition coefficient (Wildman–Crippen LogP) is -6.97. The fraction of sp³-hybridized carbons (Fsp3) is 0.762. The molecule has 0 aromatic carbocycles. The molecular formula is C21H36N6O12. The number of guanidine groups is 1. The smallest absolute Gasteiger partial charge is 0.230 e. The number of aliphatic imine (C=N–C) groups is 2. The number of aliphatic hydroxyl groups is 7. The lowest BCUT2D eigenvalue weighted by Gasteiger charge is -2.44. The summed E-state index contributed by atoms with van der Waals surface area (Å²) in [5.74, 6) is -1.15. The molecule has 222 valence electrons. The third kappa shape index (κ3) is 5.72. The Kier molecular flexibility index (Phi) is 9.83. The van der Waals surface area contributed by atoms with Crippen molar-refractivity contribution in [3.63, 3.8) is 0 Å². The lowest BCUT2D eigenvalue weighted by atomic mass is 9.89. The molecule has 1 aliphatic carbocycles. The first-order valence-corrected chi connectivity index (χ1v) is 11.9. The number of aliphatic hydroxyl groups excluding tert-OH is 6. The Morgan fingerprint density at radius 1 is 1.10 bits per heavy atom. The van der Waals surface area contributed by atoms with Gasteiger partial charge in [0, 0.05) is 0 Å². The van der Waals surface area contributed by atoms with Gasteiger partial charge in [-0.3, -0.25) is 9.79 Å². The van der Waals surface area contributed by atoms with E-state index in [9.17, 15) is 40.5 Å². The number of hydrogen-bond acceptors (Lipinski definition) is 15. The second-order valence-corrected chi connectivity index (χ2v) is 9.30. The second-order valence-electron chi connectivity index (χ2n) is 9.30. The van der Waals surface area contributed by atoms with Gasteiger partial charge in [0.1, 0.15) is 48.4 Å². The number of nitrogens with two attached hydrogens (primary N) is 3. The van der Waals surface area contributed by atoms with Gasteiger partial charge in [-0.05, 0) is 14.0 Å². The zero-order chi connectivity index (χ0) is 29.2. The molecule has 6 unspecified atom stereocenters. The summed E-state index contributed by atoms with van der Waals surface area (Å²) in [7, 11) is 1.42. The van der Waals surface area contributed by atoms with Crippen molar-refractivity contribution in [2.24, 2.45) is 27.2 Å². The van der Waals surface area contributed by atoms with Crippen LogP contribution in [0.5, 0.6) is 0 Å². The van der Waals surface area contributed by atoms with E-state index < -0.39 is 103 Å². The topological polar surface area (TPSA) is 310 Å². The van der Waals surface area contributed by atoms with Crippen LogP contribution in [0.4, 0.5) is 0 Å². The summed E-state index contributed by atoms with van der Waals surface area (Å²) in [6, 6.07) is -2.52. The van der Waals surface area contributed by atoms with Crippen LogP contribution in [0.2, 0.25) is 0 Å². The molecule has 14 N–H and O–H groups in total. The SMILES string of the molecule is CNC1C(OC2C(OC3=C(N=C(N)N)[C@H](O)[C@@H](N=CN)[C@H](O)[C@H]3O)O[C@@H](C)[C@]2(O)C=O)O[C@@H](CO)C(O)C1O. The fourth-order valence-corrected chi connectivity index (χ4v) is 4.68. The lowest BCUT2D eigenvalue weighted by molar-refractivity contribution is -0.304. The van der Waals surface area contributed by atoms with Gasteiger partial charge in [0.05, 0.1) is 25.1 Å². The van der Waals surface area contributed by atoms with E-state index >= 15 is 0 Å². The zero-order valence-corrected chi connectivity index (χ0v) is 21.1. The van der Waals surface area contributed by atoms with Gasteiger partial charge in [-0.1, -0.05) is 0 Å². The summed E-state index contributed by atoms with van der Waals surface area (Å²) in [5.41, 5.74) is 13.4. The van der Waals surface area contributed by atoms with Crippen molar-refractivity contribution in [2.75, 3.05) is 13.7 Å². The highest BCUT2D eigenvalue weighted by molar-refractivity contribution is 5.77. The summed E-state index contributed by atoms with van der Waals surface area (Å²) in [4.78, 5) is 19.5. The monoisotopic (exact) mass is 564 g/mol. The third-order valence-electron chi connectivity index (χ3n) is 6.93. The number of ether oxygens (including phenoxy) is 4. The van der Waals surface area contributed by atoms with Gasteiger partial charge in [0.2, 0.25) is 6.29 Å². The molecule has 18 heteroatoms. The number of hydrogen-bond donors (Lipinski definition) is 11. The maximum absolute atomic E-state index is 12.0. The second kappa shape index (κ2) is 12.4. The van der Waals surface area contributed by atoms with Crippen molar-refractivity contribution in [3.05, 3.63) is 11.5 Å². The normalized spacial score (nSPS) is 44.9. The first-order chi connectivity index (χ1) is 18.4. The Morgan fingerprint density at radius 3 is 2.31 bits per heavy atom. The summed E-state index contributed by atoms with van der Waals surface area (Å²) in [6.07, 6.45) is -15.0. The highest BCUT2D eigenvalue weighted by Gasteiger charge is 2.60. The summed E-state index contributed by atoms with van der Waals surface area (Å²) >= 11 is 0. The van der Waals surface area contributed by atoms with E-state index in [0.717, 1.165) is 6.34 Å². The molecule has 3 rings (SSSR count). The van der Waals surface area contributed by atoms with Crippen molar-refractivity contribution < 1.29 is 59.5 Å². The van der Waals surface area contributed by atoms with Gasteiger partial charge in [-0.25, -0.2) is 4.99 Å². The molecule has 0 aromatic rings. The number of rotatable bonds is 9. The molecular weight excluding hydrogens is 528 g/mol. The predicted molar refractivity (Wildman–Crippen MR) is 129 cm³/mol. The molecule has 18 nitrogen and oxygen atoms in total. The first-order valence-electron chi connectivity index (χ1n) is 11.9. The van der Waals surface area contributed by atoms with Crippen LogP contribution in [0.15, 0.2) is 21.4 Å². The molecule has 2 heterocycles. The van der Waals surface area contributed by atoms with Gasteiger partial charge >= 0.3 is 0 Å². The van der Waals surface area contributed by atoms with Gasteiger partial charge in [0.15, 0.2) is 36.0 Å². The Morgan fingerprint density at radius 2 is 1.77 bits per heavy atom. The molecule has 0 amide bonds. The minimum atomic E-state index is -2.39. The van der Waals surface area contributed by atoms with Gasteiger partial charge in [-0.15, -0.1) is 0 Å². The Balaban J connectivity index is 2.02. The van der Waals surface area contributed by atoms with Crippen molar-refractivity contribution in [1.29, 1.82) is 0 Å². The van der Waals surface area contributed by atoms with Crippen molar-refractivity contribution in [1.82, 2.24) is 5.32 Å². The Bertz CT molecular complexity index is 966. The number of likely N-dealkylation sites (N-methyl/N-ethyl adjacent to an activating group) is 1. The van der Waals surface area contributed by atoms with Crippen molar-refractivity contribution in [3.8, 4) is 0 Å². The molecule has 3 aliphatic rings. The van der Waals surface area contributed by atoms with E-state index in [2.05, 4.69) is 15.3 Å². The fourth-order valence-electron chi connectivity index (χ4n) is 4.68. The van der Waals surface area contributed by atoms with Crippen LogP contribution >= 0.6 is 0 Å². The van der Waals surface area contributed by atoms with Crippen LogP contribution in [0.25, 0.3) is 0 Å². The average molecular weight is 565 g/mol. The lowest BCUT2D eigenvalue weighted by Crippen LogP contribution is -2.65. The molecule has 39 heavy (non-hydrogen) atoms. The zero-order valence-electron chi connectivity index (χ0n) is 21.1. The van der Waals surface area contributed by atoms with Gasteiger partial charge < -0.3 is 77.2 Å². The Hall–Kier alpha value is -2.49. The van der Waals surface area contributed by atoms with Crippen LogP contribution in [-0.2, 0) is 23.7 Å². The van der Waals surface area contributed by atoms with Crippen LogP contribution in [-0.4, -0.2) is 147 Å².